The average Bonchev–Trinajstić information content (AvgIpc) is 3.01. The zero-order chi connectivity index (χ0) is 20.1. The first kappa shape index (κ1) is 18.9. The third-order valence-electron chi connectivity index (χ3n) is 4.46. The van der Waals surface area contributed by atoms with Crippen LogP contribution in [0.25, 0.3) is 0 Å². The summed E-state index contributed by atoms with van der Waals surface area (Å²) >= 11 is 0. The van der Waals surface area contributed by atoms with Crippen molar-refractivity contribution in [2.45, 2.75) is 18.9 Å². The summed E-state index contributed by atoms with van der Waals surface area (Å²) in [6.45, 7) is 0. The first-order chi connectivity index (χ1) is 13.5. The number of imide groups is 1. The molecule has 2 atom stereocenters. The van der Waals surface area contributed by atoms with Crippen molar-refractivity contribution >= 4 is 17.8 Å². The van der Waals surface area contributed by atoms with Crippen molar-refractivity contribution in [1.82, 2.24) is 10.6 Å². The first-order valence-corrected chi connectivity index (χ1v) is 8.64. The van der Waals surface area contributed by atoms with Gasteiger partial charge in [0.25, 0.3) is 5.91 Å². The van der Waals surface area contributed by atoms with E-state index in [1.54, 1.807) is 36.4 Å². The molecule has 1 aliphatic rings. The predicted molar refractivity (Wildman–Crippen MR) is 99.1 cm³/mol. The summed E-state index contributed by atoms with van der Waals surface area (Å²) in [6, 6.07) is 14.5. The van der Waals surface area contributed by atoms with Gasteiger partial charge in [-0.25, -0.2) is 4.79 Å². The molecule has 1 heterocycles. The van der Waals surface area contributed by atoms with Gasteiger partial charge in [-0.2, -0.15) is 5.26 Å². The van der Waals surface area contributed by atoms with Gasteiger partial charge in [0.15, 0.2) is 0 Å². The summed E-state index contributed by atoms with van der Waals surface area (Å²) < 4.78 is 5.72. The van der Waals surface area contributed by atoms with Crippen LogP contribution in [0.2, 0.25) is 0 Å². The minimum Gasteiger partial charge on any atom is -0.457 e. The number of amides is 4. The van der Waals surface area contributed by atoms with Gasteiger partial charge in [0.05, 0.1) is 17.6 Å². The van der Waals surface area contributed by atoms with Crippen LogP contribution in [0.5, 0.6) is 11.5 Å². The molecule has 4 amide bonds. The SMILES string of the molecule is N#Cc1ccc(Oc2ccc(CCC(C(N)=O)C3NC(=O)NC3=O)cc2)cc1. The first-order valence-electron chi connectivity index (χ1n) is 8.64. The number of benzene rings is 2. The molecule has 0 radical (unpaired) electrons. The summed E-state index contributed by atoms with van der Waals surface area (Å²) in [6.07, 6.45) is 0.827. The monoisotopic (exact) mass is 378 g/mol. The van der Waals surface area contributed by atoms with Crippen LogP contribution in [-0.4, -0.2) is 23.9 Å². The molecule has 2 unspecified atom stereocenters. The largest absolute Gasteiger partial charge is 0.457 e. The number of nitrogens with two attached hydrogens (primary N) is 1. The van der Waals surface area contributed by atoms with Gasteiger partial charge < -0.3 is 15.8 Å². The second kappa shape index (κ2) is 8.22. The molecule has 1 saturated heterocycles. The van der Waals surface area contributed by atoms with Crippen molar-refractivity contribution in [1.29, 1.82) is 5.26 Å². The summed E-state index contributed by atoms with van der Waals surface area (Å²) in [5.41, 5.74) is 6.90. The summed E-state index contributed by atoms with van der Waals surface area (Å²) in [5, 5.41) is 13.3. The van der Waals surface area contributed by atoms with Gasteiger partial charge in [0.1, 0.15) is 17.5 Å². The van der Waals surface area contributed by atoms with Gasteiger partial charge in [-0.3, -0.25) is 14.9 Å². The van der Waals surface area contributed by atoms with Crippen LogP contribution in [-0.2, 0) is 16.0 Å². The van der Waals surface area contributed by atoms with Crippen molar-refractivity contribution in [3.63, 3.8) is 0 Å². The number of hydrogen-bond acceptors (Lipinski definition) is 5. The number of primary amides is 1. The zero-order valence-corrected chi connectivity index (χ0v) is 14.8. The second-order valence-corrected chi connectivity index (χ2v) is 6.37. The van der Waals surface area contributed by atoms with Crippen molar-refractivity contribution < 1.29 is 19.1 Å². The van der Waals surface area contributed by atoms with Crippen molar-refractivity contribution in [2.24, 2.45) is 11.7 Å². The molecule has 0 aromatic heterocycles. The highest BCUT2D eigenvalue weighted by atomic mass is 16.5. The van der Waals surface area contributed by atoms with Crippen LogP contribution in [0, 0.1) is 17.2 Å². The van der Waals surface area contributed by atoms with Crippen LogP contribution >= 0.6 is 0 Å². The van der Waals surface area contributed by atoms with E-state index in [0.717, 1.165) is 5.56 Å². The maximum absolute atomic E-state index is 11.8. The molecule has 8 nitrogen and oxygen atoms in total. The number of carbonyl (C=O) groups is 3. The van der Waals surface area contributed by atoms with Crippen LogP contribution in [0.4, 0.5) is 4.79 Å². The molecule has 28 heavy (non-hydrogen) atoms. The van der Waals surface area contributed by atoms with Gasteiger partial charge >= 0.3 is 6.03 Å². The molecule has 0 saturated carbocycles. The lowest BCUT2D eigenvalue weighted by Gasteiger charge is -2.18. The van der Waals surface area contributed by atoms with E-state index in [4.69, 9.17) is 15.7 Å². The van der Waals surface area contributed by atoms with E-state index in [-0.39, 0.29) is 0 Å². The molecule has 0 spiro atoms. The number of ether oxygens (including phenoxy) is 1. The number of hydrogen-bond donors (Lipinski definition) is 3. The van der Waals surface area contributed by atoms with E-state index >= 15 is 0 Å². The third kappa shape index (κ3) is 4.45. The van der Waals surface area contributed by atoms with Crippen molar-refractivity contribution in [3.05, 3.63) is 59.7 Å². The topological polar surface area (TPSA) is 134 Å². The second-order valence-electron chi connectivity index (χ2n) is 6.37. The normalized spacial score (nSPS) is 16.6. The van der Waals surface area contributed by atoms with E-state index < -0.39 is 29.8 Å². The Kier molecular flexibility index (Phi) is 5.56. The molecule has 142 valence electrons. The number of urea groups is 1. The van der Waals surface area contributed by atoms with Gasteiger partial charge in [-0.15, -0.1) is 0 Å². The number of nitrogens with one attached hydrogen (secondary N) is 2. The summed E-state index contributed by atoms with van der Waals surface area (Å²) in [7, 11) is 0. The number of nitriles is 1. The minimum atomic E-state index is -0.941. The van der Waals surface area contributed by atoms with E-state index in [2.05, 4.69) is 10.6 Å². The van der Waals surface area contributed by atoms with Crippen molar-refractivity contribution in [2.75, 3.05) is 0 Å². The molecule has 2 aromatic carbocycles. The van der Waals surface area contributed by atoms with Gasteiger partial charge in [-0.05, 0) is 54.8 Å². The molecular weight excluding hydrogens is 360 g/mol. The Labute approximate surface area is 161 Å². The van der Waals surface area contributed by atoms with Crippen molar-refractivity contribution in [3.8, 4) is 17.6 Å². The molecular formula is C20H18N4O4. The fourth-order valence-corrected chi connectivity index (χ4v) is 2.97. The van der Waals surface area contributed by atoms with E-state index in [0.29, 0.717) is 29.9 Å². The Hall–Kier alpha value is -3.86. The van der Waals surface area contributed by atoms with E-state index in [1.807, 2.05) is 18.2 Å². The Morgan fingerprint density at radius 1 is 1.11 bits per heavy atom. The fraction of sp³-hybridized carbons (Fsp3) is 0.200. The molecule has 1 fully saturated rings. The molecule has 0 bridgehead atoms. The predicted octanol–water partition coefficient (Wildman–Crippen LogP) is 1.59. The number of aryl methyl sites for hydroxylation is 1. The summed E-state index contributed by atoms with van der Waals surface area (Å²) in [4.78, 5) is 34.7. The standard InChI is InChI=1S/C20H18N4O4/c21-11-13-3-8-15(9-4-13)28-14-6-1-12(2-7-14)5-10-16(18(22)25)17-19(26)24-20(27)23-17/h1-4,6-9,16-17H,5,10H2,(H2,22,25)(H2,23,24,26,27). The maximum atomic E-state index is 11.8. The van der Waals surface area contributed by atoms with Crippen LogP contribution in [0.1, 0.15) is 17.5 Å². The average molecular weight is 378 g/mol. The molecule has 3 rings (SSSR count). The van der Waals surface area contributed by atoms with E-state index in [9.17, 15) is 14.4 Å². The number of nitrogens with zero attached hydrogens (tertiary/aromatic N) is 1. The minimum absolute atomic E-state index is 0.323. The fourth-order valence-electron chi connectivity index (χ4n) is 2.97. The van der Waals surface area contributed by atoms with Crippen LogP contribution in [0.15, 0.2) is 48.5 Å². The molecule has 0 aliphatic carbocycles. The van der Waals surface area contributed by atoms with E-state index in [1.165, 1.54) is 0 Å². The Morgan fingerprint density at radius 3 is 2.21 bits per heavy atom. The smallest absolute Gasteiger partial charge is 0.322 e. The lowest BCUT2D eigenvalue weighted by molar-refractivity contribution is -0.128. The number of carbonyl (C=O) groups excluding carboxylic acids is 3. The molecule has 2 aromatic rings. The van der Waals surface area contributed by atoms with Crippen LogP contribution < -0.4 is 21.1 Å². The Balaban J connectivity index is 1.60. The highest BCUT2D eigenvalue weighted by Gasteiger charge is 2.38. The zero-order valence-electron chi connectivity index (χ0n) is 14.8. The molecule has 4 N–H and O–H groups in total. The highest BCUT2D eigenvalue weighted by Crippen LogP contribution is 2.23. The lowest BCUT2D eigenvalue weighted by Crippen LogP contribution is -2.44. The number of rotatable bonds is 7. The molecule has 8 heteroatoms. The lowest BCUT2D eigenvalue weighted by atomic mass is 9.92. The maximum Gasteiger partial charge on any atom is 0.322 e. The van der Waals surface area contributed by atoms with Gasteiger partial charge in [0.2, 0.25) is 5.91 Å². The highest BCUT2D eigenvalue weighted by molar-refractivity contribution is 6.06. The van der Waals surface area contributed by atoms with Crippen LogP contribution in [0.3, 0.4) is 0 Å². The van der Waals surface area contributed by atoms with Gasteiger partial charge in [0, 0.05) is 0 Å². The Bertz CT molecular complexity index is 932. The molecule has 1 aliphatic heterocycles. The third-order valence-corrected chi connectivity index (χ3v) is 4.46. The Morgan fingerprint density at radius 2 is 1.71 bits per heavy atom. The van der Waals surface area contributed by atoms with Gasteiger partial charge in [-0.1, -0.05) is 12.1 Å². The quantitative estimate of drug-likeness (QED) is 0.629. The summed E-state index contributed by atoms with van der Waals surface area (Å²) in [5.74, 6) is -0.727.